The van der Waals surface area contributed by atoms with Crippen LogP contribution in [0.2, 0.25) is 0 Å². The summed E-state index contributed by atoms with van der Waals surface area (Å²) in [5, 5.41) is 0. The number of carbonyl (C=O) groups is 1. The van der Waals surface area contributed by atoms with Gasteiger partial charge in [0.05, 0.1) is 12.3 Å². The monoisotopic (exact) mass is 259 g/mol. The molecule has 1 aromatic heterocycles. The highest BCUT2D eigenvalue weighted by Crippen LogP contribution is 2.33. The topological polar surface area (TPSA) is 33.5 Å². The highest BCUT2D eigenvalue weighted by molar-refractivity contribution is 5.94. The highest BCUT2D eigenvalue weighted by Gasteiger charge is 2.32. The van der Waals surface area contributed by atoms with Crippen LogP contribution >= 0.6 is 0 Å². The Hall–Kier alpha value is -2.10. The van der Waals surface area contributed by atoms with Gasteiger partial charge in [-0.2, -0.15) is 0 Å². The van der Waals surface area contributed by atoms with Crippen LogP contribution in [0.5, 0.6) is 0 Å². The lowest BCUT2D eigenvalue weighted by Gasteiger charge is -2.23. The number of halogens is 1. The van der Waals surface area contributed by atoms with Gasteiger partial charge < -0.3 is 9.32 Å². The lowest BCUT2D eigenvalue weighted by Crippen LogP contribution is -2.30. The summed E-state index contributed by atoms with van der Waals surface area (Å²) >= 11 is 0. The standard InChI is InChI=1S/C15H14FNO2/c16-12-5-1-4-11(10-12)15(18)17-8-2-6-13(17)14-7-3-9-19-14/h1,3-5,7,9-10,13H,2,6,8H2/t13-/m1/s1. The summed E-state index contributed by atoms with van der Waals surface area (Å²) in [5.74, 6) is 0.264. The third kappa shape index (κ3) is 2.26. The van der Waals surface area contributed by atoms with Crippen LogP contribution in [0.3, 0.4) is 0 Å². The SMILES string of the molecule is O=C(c1cccc(F)c1)N1CCC[C@@H]1c1ccco1. The van der Waals surface area contributed by atoms with Crippen LogP contribution in [-0.2, 0) is 0 Å². The van der Waals surface area contributed by atoms with Gasteiger partial charge in [-0.25, -0.2) is 4.39 Å². The molecule has 0 spiro atoms. The number of likely N-dealkylation sites (tertiary alicyclic amines) is 1. The number of furan rings is 1. The molecule has 0 saturated carbocycles. The van der Waals surface area contributed by atoms with E-state index in [1.807, 2.05) is 12.1 Å². The molecule has 0 radical (unpaired) electrons. The van der Waals surface area contributed by atoms with Gasteiger partial charge in [0.1, 0.15) is 11.6 Å². The molecule has 4 heteroatoms. The van der Waals surface area contributed by atoms with Crippen LogP contribution in [0.4, 0.5) is 4.39 Å². The fourth-order valence-corrected chi connectivity index (χ4v) is 2.57. The molecule has 1 saturated heterocycles. The van der Waals surface area contributed by atoms with Crippen molar-refractivity contribution in [3.63, 3.8) is 0 Å². The molecule has 0 N–H and O–H groups in total. The molecular formula is C15H14FNO2. The Morgan fingerprint density at radius 1 is 1.32 bits per heavy atom. The summed E-state index contributed by atoms with van der Waals surface area (Å²) in [4.78, 5) is 14.2. The number of amides is 1. The van der Waals surface area contributed by atoms with Crippen molar-refractivity contribution in [1.29, 1.82) is 0 Å². The quantitative estimate of drug-likeness (QED) is 0.828. The molecule has 1 aliphatic heterocycles. The van der Waals surface area contributed by atoms with Gasteiger partial charge in [0.15, 0.2) is 0 Å². The fourth-order valence-electron chi connectivity index (χ4n) is 2.57. The Bertz CT molecular complexity index is 580. The third-order valence-corrected chi connectivity index (χ3v) is 3.46. The smallest absolute Gasteiger partial charge is 0.254 e. The van der Waals surface area contributed by atoms with Crippen molar-refractivity contribution < 1.29 is 13.6 Å². The zero-order valence-electron chi connectivity index (χ0n) is 10.4. The molecule has 98 valence electrons. The molecule has 0 unspecified atom stereocenters. The first-order chi connectivity index (χ1) is 9.25. The van der Waals surface area contributed by atoms with Crippen molar-refractivity contribution in [2.45, 2.75) is 18.9 Å². The molecule has 2 heterocycles. The summed E-state index contributed by atoms with van der Waals surface area (Å²) in [5.41, 5.74) is 0.387. The molecule has 1 atom stereocenters. The van der Waals surface area contributed by atoms with E-state index in [2.05, 4.69) is 0 Å². The van der Waals surface area contributed by atoms with E-state index in [-0.39, 0.29) is 17.8 Å². The van der Waals surface area contributed by atoms with Crippen LogP contribution in [-0.4, -0.2) is 17.4 Å². The zero-order valence-corrected chi connectivity index (χ0v) is 10.4. The predicted octanol–water partition coefficient (Wildman–Crippen LogP) is 3.40. The molecule has 0 aliphatic carbocycles. The molecule has 2 aromatic rings. The molecule has 1 aliphatic rings. The second-order valence-electron chi connectivity index (χ2n) is 4.68. The van der Waals surface area contributed by atoms with E-state index in [0.717, 1.165) is 18.6 Å². The number of hydrogen-bond donors (Lipinski definition) is 0. The number of carbonyl (C=O) groups excluding carboxylic acids is 1. The molecular weight excluding hydrogens is 245 g/mol. The van der Waals surface area contributed by atoms with Crippen molar-refractivity contribution in [2.24, 2.45) is 0 Å². The first-order valence-electron chi connectivity index (χ1n) is 6.35. The maximum atomic E-state index is 13.2. The minimum absolute atomic E-state index is 0.0363. The van der Waals surface area contributed by atoms with Crippen LogP contribution in [0, 0.1) is 5.82 Å². The van der Waals surface area contributed by atoms with Crippen molar-refractivity contribution in [1.82, 2.24) is 4.90 Å². The Labute approximate surface area is 110 Å². The van der Waals surface area contributed by atoms with Gasteiger partial charge in [-0.05, 0) is 43.2 Å². The normalized spacial score (nSPS) is 18.8. The van der Waals surface area contributed by atoms with Gasteiger partial charge >= 0.3 is 0 Å². The number of hydrogen-bond acceptors (Lipinski definition) is 2. The van der Waals surface area contributed by atoms with Gasteiger partial charge in [-0.1, -0.05) is 6.07 Å². The number of benzene rings is 1. The number of nitrogens with zero attached hydrogens (tertiary/aromatic N) is 1. The zero-order chi connectivity index (χ0) is 13.2. The summed E-state index contributed by atoms with van der Waals surface area (Å²) in [6.07, 6.45) is 3.43. The molecule has 19 heavy (non-hydrogen) atoms. The van der Waals surface area contributed by atoms with Gasteiger partial charge in [-0.15, -0.1) is 0 Å². The van der Waals surface area contributed by atoms with E-state index in [0.29, 0.717) is 12.1 Å². The Morgan fingerprint density at radius 3 is 2.95 bits per heavy atom. The van der Waals surface area contributed by atoms with Crippen LogP contribution in [0.25, 0.3) is 0 Å². The summed E-state index contributed by atoms with van der Waals surface area (Å²) in [6.45, 7) is 0.681. The van der Waals surface area contributed by atoms with E-state index >= 15 is 0 Å². The maximum absolute atomic E-state index is 13.2. The lowest BCUT2D eigenvalue weighted by atomic mass is 10.1. The largest absolute Gasteiger partial charge is 0.467 e. The molecule has 3 rings (SSSR count). The lowest BCUT2D eigenvalue weighted by molar-refractivity contribution is 0.0719. The van der Waals surface area contributed by atoms with E-state index in [9.17, 15) is 9.18 Å². The van der Waals surface area contributed by atoms with Gasteiger partial charge in [-0.3, -0.25) is 4.79 Å². The maximum Gasteiger partial charge on any atom is 0.254 e. The van der Waals surface area contributed by atoms with Crippen molar-refractivity contribution >= 4 is 5.91 Å². The third-order valence-electron chi connectivity index (χ3n) is 3.46. The van der Waals surface area contributed by atoms with E-state index in [1.165, 1.54) is 12.1 Å². The minimum atomic E-state index is -0.389. The van der Waals surface area contributed by atoms with Crippen molar-refractivity contribution in [2.75, 3.05) is 6.54 Å². The molecule has 1 fully saturated rings. The minimum Gasteiger partial charge on any atom is -0.467 e. The van der Waals surface area contributed by atoms with Crippen LogP contribution < -0.4 is 0 Å². The average molecular weight is 259 g/mol. The average Bonchev–Trinajstić information content (AvgIpc) is 3.08. The second-order valence-corrected chi connectivity index (χ2v) is 4.68. The fraction of sp³-hybridized carbons (Fsp3) is 0.267. The first kappa shape index (κ1) is 12.0. The Kier molecular flexibility index (Phi) is 3.07. The molecule has 0 bridgehead atoms. The summed E-state index contributed by atoms with van der Waals surface area (Å²) < 4.78 is 18.6. The first-order valence-corrected chi connectivity index (χ1v) is 6.35. The second kappa shape index (κ2) is 4.88. The van der Waals surface area contributed by atoms with Crippen LogP contribution in [0.15, 0.2) is 47.1 Å². The van der Waals surface area contributed by atoms with Crippen LogP contribution in [0.1, 0.15) is 35.0 Å². The summed E-state index contributed by atoms with van der Waals surface area (Å²) in [7, 11) is 0. The van der Waals surface area contributed by atoms with Gasteiger partial charge in [0, 0.05) is 12.1 Å². The molecule has 1 amide bonds. The number of rotatable bonds is 2. The van der Waals surface area contributed by atoms with E-state index in [4.69, 9.17) is 4.42 Å². The van der Waals surface area contributed by atoms with Gasteiger partial charge in [0.2, 0.25) is 0 Å². The van der Waals surface area contributed by atoms with E-state index < -0.39 is 0 Å². The summed E-state index contributed by atoms with van der Waals surface area (Å²) in [6, 6.07) is 9.47. The molecule has 1 aromatic carbocycles. The van der Waals surface area contributed by atoms with Gasteiger partial charge in [0.25, 0.3) is 5.91 Å². The Balaban J connectivity index is 1.87. The predicted molar refractivity (Wildman–Crippen MR) is 68.1 cm³/mol. The van der Waals surface area contributed by atoms with Crippen molar-refractivity contribution in [3.8, 4) is 0 Å². The Morgan fingerprint density at radius 2 is 2.21 bits per heavy atom. The highest BCUT2D eigenvalue weighted by atomic mass is 19.1. The molecule has 3 nitrogen and oxygen atoms in total. The van der Waals surface area contributed by atoms with Crippen molar-refractivity contribution in [3.05, 3.63) is 59.8 Å². The van der Waals surface area contributed by atoms with E-state index in [1.54, 1.807) is 23.3 Å².